The summed E-state index contributed by atoms with van der Waals surface area (Å²) in [6.45, 7) is 4.02. The summed E-state index contributed by atoms with van der Waals surface area (Å²) in [7, 11) is 3.47. The Morgan fingerprint density at radius 1 is 1.22 bits per heavy atom. The van der Waals surface area contributed by atoms with E-state index in [1.54, 1.807) is 14.2 Å². The molecule has 1 atom stereocenters. The normalized spacial score (nSPS) is 12.4. The predicted molar refractivity (Wildman–Crippen MR) is 75.3 cm³/mol. The Morgan fingerprint density at radius 3 is 2.67 bits per heavy atom. The van der Waals surface area contributed by atoms with Crippen LogP contribution in [0, 0.1) is 0 Å². The Hall–Kier alpha value is -1.06. The molecule has 0 aliphatic heterocycles. The van der Waals surface area contributed by atoms with E-state index in [4.69, 9.17) is 9.47 Å². The number of nitrogens with one attached hydrogen (secondary N) is 1. The van der Waals surface area contributed by atoms with Gasteiger partial charge in [0.25, 0.3) is 0 Å². The van der Waals surface area contributed by atoms with E-state index in [1.807, 2.05) is 12.1 Å². The van der Waals surface area contributed by atoms with Crippen LogP contribution < -0.4 is 10.1 Å². The third-order valence-corrected chi connectivity index (χ3v) is 3.01. The molecule has 1 aromatic carbocycles. The van der Waals surface area contributed by atoms with Crippen molar-refractivity contribution < 1.29 is 9.47 Å². The molecule has 0 bridgehead atoms. The van der Waals surface area contributed by atoms with Gasteiger partial charge in [-0.2, -0.15) is 0 Å². The Balaban J connectivity index is 2.62. The summed E-state index contributed by atoms with van der Waals surface area (Å²) in [6, 6.07) is 8.66. The number of ether oxygens (including phenoxy) is 2. The van der Waals surface area contributed by atoms with Crippen molar-refractivity contribution in [2.45, 2.75) is 32.2 Å². The van der Waals surface area contributed by atoms with Crippen molar-refractivity contribution in [3.05, 3.63) is 29.8 Å². The van der Waals surface area contributed by atoms with Gasteiger partial charge in [0.05, 0.1) is 7.11 Å². The van der Waals surface area contributed by atoms with Gasteiger partial charge in [-0.05, 0) is 37.4 Å². The van der Waals surface area contributed by atoms with Crippen molar-refractivity contribution in [3.8, 4) is 5.75 Å². The molecule has 0 aromatic heterocycles. The summed E-state index contributed by atoms with van der Waals surface area (Å²) < 4.78 is 10.6. The molecule has 0 saturated carbocycles. The van der Waals surface area contributed by atoms with Crippen LogP contribution in [0.25, 0.3) is 0 Å². The summed E-state index contributed by atoms with van der Waals surface area (Å²) in [5.74, 6) is 0.971. The maximum atomic E-state index is 5.40. The van der Waals surface area contributed by atoms with E-state index in [1.165, 1.54) is 5.56 Å². The first kappa shape index (κ1) is 15.0. The average Bonchev–Trinajstić information content (AvgIpc) is 2.42. The molecule has 0 fully saturated rings. The van der Waals surface area contributed by atoms with E-state index in [2.05, 4.69) is 24.4 Å². The van der Waals surface area contributed by atoms with Crippen LogP contribution in [0.3, 0.4) is 0 Å². The highest BCUT2D eigenvalue weighted by atomic mass is 16.5. The Kier molecular flexibility index (Phi) is 7.46. The summed E-state index contributed by atoms with van der Waals surface area (Å²) >= 11 is 0. The first-order valence-electron chi connectivity index (χ1n) is 6.66. The van der Waals surface area contributed by atoms with Crippen molar-refractivity contribution in [1.29, 1.82) is 0 Å². The van der Waals surface area contributed by atoms with Crippen LogP contribution in [0.1, 0.15) is 25.3 Å². The van der Waals surface area contributed by atoms with Crippen molar-refractivity contribution in [2.75, 3.05) is 27.4 Å². The molecule has 3 heteroatoms. The van der Waals surface area contributed by atoms with E-state index in [-0.39, 0.29) is 0 Å². The summed E-state index contributed by atoms with van der Waals surface area (Å²) in [5, 5.41) is 3.57. The topological polar surface area (TPSA) is 30.5 Å². The molecule has 0 spiro atoms. The van der Waals surface area contributed by atoms with Crippen molar-refractivity contribution in [3.63, 3.8) is 0 Å². The van der Waals surface area contributed by atoms with Gasteiger partial charge in [-0.1, -0.05) is 25.1 Å². The molecule has 1 N–H and O–H groups in total. The van der Waals surface area contributed by atoms with Gasteiger partial charge in [0.2, 0.25) is 0 Å². The van der Waals surface area contributed by atoms with Gasteiger partial charge in [0, 0.05) is 19.8 Å². The van der Waals surface area contributed by atoms with Crippen LogP contribution in [0.15, 0.2) is 24.3 Å². The number of rotatable bonds is 9. The van der Waals surface area contributed by atoms with Gasteiger partial charge in [0.1, 0.15) is 5.75 Å². The molecule has 0 aliphatic carbocycles. The third-order valence-electron chi connectivity index (χ3n) is 3.01. The zero-order chi connectivity index (χ0) is 13.2. The first-order chi connectivity index (χ1) is 8.81. The van der Waals surface area contributed by atoms with Gasteiger partial charge in [-0.3, -0.25) is 0 Å². The summed E-state index contributed by atoms with van der Waals surface area (Å²) in [5.41, 5.74) is 1.25. The van der Waals surface area contributed by atoms with Crippen LogP contribution in [-0.4, -0.2) is 33.4 Å². The van der Waals surface area contributed by atoms with Gasteiger partial charge in [-0.25, -0.2) is 0 Å². The lowest BCUT2D eigenvalue weighted by Gasteiger charge is -2.19. The van der Waals surface area contributed by atoms with Gasteiger partial charge in [0.15, 0.2) is 0 Å². The number of hydrogen-bond donors (Lipinski definition) is 1. The fourth-order valence-corrected chi connectivity index (χ4v) is 2.02. The zero-order valence-corrected chi connectivity index (χ0v) is 11.7. The van der Waals surface area contributed by atoms with Gasteiger partial charge < -0.3 is 14.8 Å². The van der Waals surface area contributed by atoms with E-state index in [9.17, 15) is 0 Å². The third kappa shape index (κ3) is 5.07. The van der Waals surface area contributed by atoms with Gasteiger partial charge in [-0.15, -0.1) is 0 Å². The lowest BCUT2D eigenvalue weighted by atomic mass is 10.0. The molecule has 18 heavy (non-hydrogen) atoms. The second-order valence-electron chi connectivity index (χ2n) is 4.45. The molecule has 0 saturated heterocycles. The fraction of sp³-hybridized carbons (Fsp3) is 0.600. The summed E-state index contributed by atoms with van der Waals surface area (Å²) in [4.78, 5) is 0. The Labute approximate surface area is 110 Å². The van der Waals surface area contributed by atoms with Crippen LogP contribution in [0.4, 0.5) is 0 Å². The van der Waals surface area contributed by atoms with Crippen LogP contribution in [0.2, 0.25) is 0 Å². The standard InChI is InChI=1S/C15H25NO2/c1-4-10-16-14(9-11-17-2)12-13-7-5-6-8-15(13)18-3/h5-8,14,16H,4,9-12H2,1-3H3. The maximum Gasteiger partial charge on any atom is 0.122 e. The largest absolute Gasteiger partial charge is 0.496 e. The minimum Gasteiger partial charge on any atom is -0.496 e. The molecule has 0 aliphatic rings. The highest BCUT2D eigenvalue weighted by molar-refractivity contribution is 5.33. The molecule has 0 amide bonds. The second kappa shape index (κ2) is 8.95. The first-order valence-corrected chi connectivity index (χ1v) is 6.66. The van der Waals surface area contributed by atoms with E-state index < -0.39 is 0 Å². The van der Waals surface area contributed by atoms with Crippen molar-refractivity contribution >= 4 is 0 Å². The maximum absolute atomic E-state index is 5.40. The molecule has 3 nitrogen and oxygen atoms in total. The highest BCUT2D eigenvalue weighted by Crippen LogP contribution is 2.19. The lowest BCUT2D eigenvalue weighted by molar-refractivity contribution is 0.182. The Bertz CT molecular complexity index is 320. The number of para-hydroxylation sites is 1. The second-order valence-corrected chi connectivity index (χ2v) is 4.45. The fourth-order valence-electron chi connectivity index (χ4n) is 2.02. The molecular weight excluding hydrogens is 226 g/mol. The van der Waals surface area contributed by atoms with E-state index >= 15 is 0 Å². The molecule has 102 valence electrons. The smallest absolute Gasteiger partial charge is 0.122 e. The zero-order valence-electron chi connectivity index (χ0n) is 11.7. The van der Waals surface area contributed by atoms with Crippen LogP contribution >= 0.6 is 0 Å². The minimum absolute atomic E-state index is 0.446. The van der Waals surface area contributed by atoms with Crippen LogP contribution in [-0.2, 0) is 11.2 Å². The average molecular weight is 251 g/mol. The minimum atomic E-state index is 0.446. The molecule has 0 radical (unpaired) electrons. The molecule has 1 unspecified atom stereocenters. The SMILES string of the molecule is CCCNC(CCOC)Cc1ccccc1OC. The number of methoxy groups -OCH3 is 2. The molecule has 1 rings (SSSR count). The molecule has 1 aromatic rings. The van der Waals surface area contributed by atoms with Gasteiger partial charge >= 0.3 is 0 Å². The number of benzene rings is 1. The van der Waals surface area contributed by atoms with E-state index in [0.29, 0.717) is 6.04 Å². The molecule has 0 heterocycles. The van der Waals surface area contributed by atoms with Crippen LogP contribution in [0.5, 0.6) is 5.75 Å². The highest BCUT2D eigenvalue weighted by Gasteiger charge is 2.11. The molecular formula is C15H25NO2. The monoisotopic (exact) mass is 251 g/mol. The predicted octanol–water partition coefficient (Wildman–Crippen LogP) is 2.64. The van der Waals surface area contributed by atoms with E-state index in [0.717, 1.165) is 38.2 Å². The van der Waals surface area contributed by atoms with Crippen molar-refractivity contribution in [2.24, 2.45) is 0 Å². The quantitative estimate of drug-likeness (QED) is 0.732. The Morgan fingerprint density at radius 2 is 2.00 bits per heavy atom. The number of hydrogen-bond acceptors (Lipinski definition) is 3. The van der Waals surface area contributed by atoms with Crippen molar-refractivity contribution in [1.82, 2.24) is 5.32 Å². The summed E-state index contributed by atoms with van der Waals surface area (Å²) in [6.07, 6.45) is 3.15. The lowest BCUT2D eigenvalue weighted by Crippen LogP contribution is -2.33.